The second kappa shape index (κ2) is 9.67. The van der Waals surface area contributed by atoms with Crippen molar-refractivity contribution in [3.05, 3.63) is 53.1 Å². The monoisotopic (exact) mass is 476 g/mol. The highest BCUT2D eigenvalue weighted by Gasteiger charge is 2.23. The molecule has 2 aliphatic heterocycles. The van der Waals surface area contributed by atoms with Crippen molar-refractivity contribution in [2.45, 2.75) is 20.3 Å². The van der Waals surface area contributed by atoms with Crippen LogP contribution in [-0.4, -0.2) is 43.0 Å². The summed E-state index contributed by atoms with van der Waals surface area (Å²) < 4.78 is 11.2. The van der Waals surface area contributed by atoms with Gasteiger partial charge in [0.15, 0.2) is 22.4 Å². The topological polar surface area (TPSA) is 51.1 Å². The molecule has 4 rings (SSSR count). The lowest BCUT2D eigenvalue weighted by Gasteiger charge is -2.29. The Morgan fingerprint density at radius 2 is 1.90 bits per heavy atom. The van der Waals surface area contributed by atoms with Gasteiger partial charge < -0.3 is 14.4 Å². The van der Waals surface area contributed by atoms with E-state index in [0.29, 0.717) is 30.3 Å². The van der Waals surface area contributed by atoms with Crippen LogP contribution in [0.25, 0.3) is 0 Å². The van der Waals surface area contributed by atoms with Crippen molar-refractivity contribution in [2.24, 2.45) is 4.99 Å². The third kappa shape index (κ3) is 4.95. The highest BCUT2D eigenvalue weighted by atomic mass is 79.9. The normalized spacial score (nSPS) is 15.2. The van der Waals surface area contributed by atoms with Gasteiger partial charge in [0.05, 0.1) is 6.54 Å². The first-order valence-electron chi connectivity index (χ1n) is 9.57. The smallest absolute Gasteiger partial charge is 0.182 e. The van der Waals surface area contributed by atoms with E-state index in [1.165, 1.54) is 5.56 Å². The summed E-state index contributed by atoms with van der Waals surface area (Å²) in [6.45, 7) is 6.24. The Morgan fingerprint density at radius 1 is 1.10 bits per heavy atom. The molecule has 0 atom stereocenters. The number of hydrogen-bond donors (Lipinski definition) is 0. The SMILES string of the molecule is Br.Cc1ccc(C)c(N(CC(=O)c2ccc3c(c2)OCCO3)C2=NCCCS2)c1. The van der Waals surface area contributed by atoms with Gasteiger partial charge in [-0.1, -0.05) is 23.9 Å². The molecular weight excluding hydrogens is 452 g/mol. The van der Waals surface area contributed by atoms with Crippen LogP contribution in [0.4, 0.5) is 5.69 Å². The Hall–Kier alpha value is -1.99. The maximum Gasteiger partial charge on any atom is 0.182 e. The number of thioether (sulfide) groups is 1. The van der Waals surface area contributed by atoms with E-state index in [2.05, 4.69) is 36.9 Å². The summed E-state index contributed by atoms with van der Waals surface area (Å²) in [5, 5.41) is 0.922. The molecule has 0 bridgehead atoms. The predicted molar refractivity (Wildman–Crippen MR) is 125 cm³/mol. The molecule has 0 amide bonds. The second-order valence-electron chi connectivity index (χ2n) is 7.02. The van der Waals surface area contributed by atoms with Gasteiger partial charge in [-0.2, -0.15) is 0 Å². The predicted octanol–water partition coefficient (Wildman–Crippen LogP) is 4.83. The van der Waals surface area contributed by atoms with Crippen LogP contribution < -0.4 is 14.4 Å². The third-order valence-electron chi connectivity index (χ3n) is 4.83. The maximum atomic E-state index is 13.2. The minimum atomic E-state index is 0. The van der Waals surface area contributed by atoms with E-state index in [9.17, 15) is 4.79 Å². The van der Waals surface area contributed by atoms with Crippen LogP contribution in [0, 0.1) is 13.8 Å². The first-order valence-corrected chi connectivity index (χ1v) is 10.6. The maximum absolute atomic E-state index is 13.2. The lowest BCUT2D eigenvalue weighted by molar-refractivity contribution is 0.100. The number of aliphatic imine (C=N–C) groups is 1. The van der Waals surface area contributed by atoms with E-state index in [1.54, 1.807) is 17.8 Å². The largest absolute Gasteiger partial charge is 0.486 e. The number of ether oxygens (including phenoxy) is 2. The number of anilines is 1. The van der Waals surface area contributed by atoms with Crippen LogP contribution in [0.3, 0.4) is 0 Å². The van der Waals surface area contributed by atoms with Gasteiger partial charge in [0.1, 0.15) is 13.2 Å². The molecule has 0 saturated heterocycles. The summed E-state index contributed by atoms with van der Waals surface area (Å²) in [5.41, 5.74) is 3.97. The van der Waals surface area contributed by atoms with Crippen molar-refractivity contribution in [3.8, 4) is 11.5 Å². The van der Waals surface area contributed by atoms with Gasteiger partial charge in [0, 0.05) is 23.5 Å². The van der Waals surface area contributed by atoms with Crippen LogP contribution in [0.1, 0.15) is 27.9 Å². The fourth-order valence-corrected chi connectivity index (χ4v) is 4.29. The molecule has 2 aromatic rings. The zero-order valence-electron chi connectivity index (χ0n) is 16.6. The molecule has 2 aromatic carbocycles. The fourth-order valence-electron chi connectivity index (χ4n) is 3.33. The summed E-state index contributed by atoms with van der Waals surface area (Å²) in [4.78, 5) is 19.9. The van der Waals surface area contributed by atoms with Crippen LogP contribution in [0.5, 0.6) is 11.5 Å². The molecule has 5 nitrogen and oxygen atoms in total. The summed E-state index contributed by atoms with van der Waals surface area (Å²) >= 11 is 1.72. The number of rotatable bonds is 4. The molecule has 0 aliphatic carbocycles. The van der Waals surface area contributed by atoms with E-state index in [0.717, 1.165) is 35.1 Å². The van der Waals surface area contributed by atoms with E-state index in [4.69, 9.17) is 14.5 Å². The number of benzene rings is 2. The summed E-state index contributed by atoms with van der Waals surface area (Å²) in [6, 6.07) is 11.7. The Morgan fingerprint density at radius 3 is 2.66 bits per heavy atom. The van der Waals surface area contributed by atoms with E-state index >= 15 is 0 Å². The second-order valence-corrected chi connectivity index (χ2v) is 8.09. The minimum Gasteiger partial charge on any atom is -0.486 e. The molecule has 0 radical (unpaired) electrons. The van der Waals surface area contributed by atoms with Crippen LogP contribution in [0.15, 0.2) is 41.4 Å². The third-order valence-corrected chi connectivity index (χ3v) is 5.93. The first-order chi connectivity index (χ1) is 13.6. The van der Waals surface area contributed by atoms with E-state index < -0.39 is 0 Å². The van der Waals surface area contributed by atoms with Crippen LogP contribution in [-0.2, 0) is 0 Å². The molecule has 0 spiro atoms. The summed E-state index contributed by atoms with van der Waals surface area (Å²) in [5.74, 6) is 2.39. The Kier molecular flexibility index (Phi) is 7.24. The van der Waals surface area contributed by atoms with Crippen LogP contribution in [0.2, 0.25) is 0 Å². The van der Waals surface area contributed by atoms with Crippen LogP contribution >= 0.6 is 28.7 Å². The van der Waals surface area contributed by atoms with E-state index in [-0.39, 0.29) is 29.3 Å². The molecule has 0 saturated carbocycles. The molecule has 0 fully saturated rings. The molecule has 7 heteroatoms. The molecule has 29 heavy (non-hydrogen) atoms. The average molecular weight is 477 g/mol. The van der Waals surface area contributed by atoms with Crippen molar-refractivity contribution in [1.29, 1.82) is 0 Å². The average Bonchev–Trinajstić information content (AvgIpc) is 2.74. The highest BCUT2D eigenvalue weighted by Crippen LogP contribution is 2.32. The summed E-state index contributed by atoms with van der Waals surface area (Å²) in [7, 11) is 0. The number of amidine groups is 1. The van der Waals surface area contributed by atoms with Crippen molar-refractivity contribution >= 4 is 45.4 Å². The standard InChI is InChI=1S/C22H24N2O3S.BrH/c1-15-4-5-16(2)18(12-15)24(22-23-8-3-11-28-22)14-19(25)17-6-7-20-21(13-17)27-10-9-26-20;/h4-7,12-13H,3,8-11,14H2,1-2H3;1H. The van der Waals surface area contributed by atoms with Gasteiger partial charge in [-0.15, -0.1) is 17.0 Å². The van der Waals surface area contributed by atoms with Crippen molar-refractivity contribution in [1.82, 2.24) is 0 Å². The van der Waals surface area contributed by atoms with Gasteiger partial charge in [-0.05, 0) is 55.7 Å². The van der Waals surface area contributed by atoms with Crippen molar-refractivity contribution in [2.75, 3.05) is 37.0 Å². The molecule has 0 unspecified atom stereocenters. The van der Waals surface area contributed by atoms with Gasteiger partial charge in [0.2, 0.25) is 0 Å². The number of halogens is 1. The van der Waals surface area contributed by atoms with Gasteiger partial charge >= 0.3 is 0 Å². The van der Waals surface area contributed by atoms with E-state index in [1.807, 2.05) is 12.1 Å². The van der Waals surface area contributed by atoms with Gasteiger partial charge in [0.25, 0.3) is 0 Å². The molecule has 154 valence electrons. The zero-order chi connectivity index (χ0) is 19.5. The first kappa shape index (κ1) is 21.7. The number of aryl methyl sites for hydroxylation is 2. The number of carbonyl (C=O) groups is 1. The number of nitrogens with zero attached hydrogens (tertiary/aromatic N) is 2. The molecule has 2 heterocycles. The minimum absolute atomic E-state index is 0. The Bertz CT molecular complexity index is 932. The van der Waals surface area contributed by atoms with Crippen molar-refractivity contribution < 1.29 is 14.3 Å². The Balaban J connectivity index is 0.00000240. The quantitative estimate of drug-likeness (QED) is 0.591. The number of fused-ring (bicyclic) bond motifs is 1. The molecule has 0 N–H and O–H groups in total. The van der Waals surface area contributed by atoms with Gasteiger partial charge in [-0.3, -0.25) is 9.79 Å². The number of Topliss-reactive ketones (excluding diaryl/α,β-unsaturated/α-hetero) is 1. The number of hydrogen-bond acceptors (Lipinski definition) is 6. The Labute approximate surface area is 186 Å². The number of carbonyl (C=O) groups excluding carboxylic acids is 1. The van der Waals surface area contributed by atoms with Gasteiger partial charge in [-0.25, -0.2) is 0 Å². The lowest BCUT2D eigenvalue weighted by Crippen LogP contribution is -2.36. The highest BCUT2D eigenvalue weighted by molar-refractivity contribution is 8.93. The molecular formula is C22H25BrN2O3S. The molecule has 2 aliphatic rings. The molecule has 0 aromatic heterocycles. The zero-order valence-corrected chi connectivity index (χ0v) is 19.2. The number of ketones is 1. The fraction of sp³-hybridized carbons (Fsp3) is 0.364. The van der Waals surface area contributed by atoms with Crippen molar-refractivity contribution in [3.63, 3.8) is 0 Å². The lowest BCUT2D eigenvalue weighted by atomic mass is 10.1. The summed E-state index contributed by atoms with van der Waals surface area (Å²) in [6.07, 6.45) is 1.07.